The third kappa shape index (κ3) is 5.23. The van der Waals surface area contributed by atoms with Crippen molar-refractivity contribution in [2.24, 2.45) is 0 Å². The van der Waals surface area contributed by atoms with Crippen molar-refractivity contribution < 1.29 is 0 Å². The van der Waals surface area contributed by atoms with Crippen molar-refractivity contribution >= 4 is 65.2 Å². The highest BCUT2D eigenvalue weighted by Crippen LogP contribution is 2.40. The summed E-state index contributed by atoms with van der Waals surface area (Å²) in [6.07, 6.45) is 0. The first-order valence-corrected chi connectivity index (χ1v) is 19.6. The van der Waals surface area contributed by atoms with Gasteiger partial charge in [-0.3, -0.25) is 0 Å². The molecule has 0 N–H and O–H groups in total. The largest absolute Gasteiger partial charge is 0.245 e. The average Bonchev–Trinajstić information content (AvgIpc) is 3.30. The second kappa shape index (κ2) is 12.9. The van der Waals surface area contributed by atoms with Gasteiger partial charge in [-0.1, -0.05) is 170 Å². The number of fused-ring (bicyclic) bond motifs is 4. The predicted molar refractivity (Wildman–Crippen MR) is 241 cm³/mol. The molecule has 0 saturated heterocycles. The van der Waals surface area contributed by atoms with Crippen LogP contribution in [-0.2, 0) is 0 Å². The number of hydrogen-bond acceptors (Lipinski definition) is 4. The molecule has 0 radical (unpaired) electrons. The third-order valence-electron chi connectivity index (χ3n) is 11.6. The maximum Gasteiger partial charge on any atom is 0.0973 e. The number of aromatic nitrogens is 4. The molecule has 0 unspecified atom stereocenters. The van der Waals surface area contributed by atoms with Crippen LogP contribution in [-0.4, -0.2) is 19.9 Å². The lowest BCUT2D eigenvalue weighted by Crippen LogP contribution is -1.95. The van der Waals surface area contributed by atoms with Crippen molar-refractivity contribution in [3.8, 4) is 56.2 Å². The van der Waals surface area contributed by atoms with Crippen molar-refractivity contribution in [3.63, 3.8) is 0 Å². The third-order valence-corrected chi connectivity index (χ3v) is 11.6. The highest BCUT2D eigenvalue weighted by atomic mass is 14.8. The molecule has 0 amide bonds. The standard InChI is InChI=1S/C54H32N4/c1-2-7-39(8-3-1)51-54(58-48-12-5-4-11-47(48)57-51)40-21-17-35(18-22-40)46-32-28-42-24-23-41-27-31-45(55-52(41)53(42)56-46)34-15-13-33(14-16-34)43-29-25-38-20-19-36-9-6-10-37-26-30-44(43)50(38)49(36)37/h1-32H. The van der Waals surface area contributed by atoms with Crippen LogP contribution in [0.5, 0.6) is 0 Å². The molecular formula is C54H32N4. The Balaban J connectivity index is 0.899. The van der Waals surface area contributed by atoms with Gasteiger partial charge in [0, 0.05) is 33.0 Å². The summed E-state index contributed by atoms with van der Waals surface area (Å²) in [6.45, 7) is 0. The van der Waals surface area contributed by atoms with Gasteiger partial charge in [-0.05, 0) is 67.7 Å². The van der Waals surface area contributed by atoms with E-state index in [2.05, 4.69) is 152 Å². The normalized spacial score (nSPS) is 11.8. The first-order chi connectivity index (χ1) is 28.7. The summed E-state index contributed by atoms with van der Waals surface area (Å²) in [5, 5.41) is 9.90. The van der Waals surface area contributed by atoms with Crippen LogP contribution < -0.4 is 0 Å². The first kappa shape index (κ1) is 32.4. The van der Waals surface area contributed by atoms with Crippen LogP contribution in [0.1, 0.15) is 0 Å². The van der Waals surface area contributed by atoms with E-state index >= 15 is 0 Å². The quantitative estimate of drug-likeness (QED) is 0.165. The molecule has 0 atom stereocenters. The maximum atomic E-state index is 5.26. The number of benzene rings is 9. The molecule has 58 heavy (non-hydrogen) atoms. The van der Waals surface area contributed by atoms with Crippen molar-refractivity contribution in [3.05, 3.63) is 194 Å². The van der Waals surface area contributed by atoms with Crippen LogP contribution in [0.15, 0.2) is 194 Å². The topological polar surface area (TPSA) is 51.6 Å². The van der Waals surface area contributed by atoms with E-state index in [0.29, 0.717) is 0 Å². The van der Waals surface area contributed by atoms with Gasteiger partial charge in [0.15, 0.2) is 0 Å². The van der Waals surface area contributed by atoms with E-state index in [4.69, 9.17) is 19.9 Å². The van der Waals surface area contributed by atoms with Gasteiger partial charge in [-0.25, -0.2) is 19.9 Å². The lowest BCUT2D eigenvalue weighted by molar-refractivity contribution is 1.29. The van der Waals surface area contributed by atoms with Crippen LogP contribution in [0, 0.1) is 0 Å². The monoisotopic (exact) mass is 736 g/mol. The fourth-order valence-electron chi connectivity index (χ4n) is 8.69. The van der Waals surface area contributed by atoms with E-state index < -0.39 is 0 Å². The molecule has 3 heterocycles. The Hall–Kier alpha value is -7.82. The van der Waals surface area contributed by atoms with E-state index in [-0.39, 0.29) is 0 Å². The van der Waals surface area contributed by atoms with E-state index in [0.717, 1.165) is 77.9 Å². The Kier molecular flexibility index (Phi) is 7.20. The Morgan fingerprint density at radius 3 is 1.31 bits per heavy atom. The second-order valence-corrected chi connectivity index (χ2v) is 15.0. The van der Waals surface area contributed by atoms with E-state index in [1.54, 1.807) is 0 Å². The summed E-state index contributed by atoms with van der Waals surface area (Å²) in [7, 11) is 0. The molecule has 0 saturated carbocycles. The molecule has 12 aromatic rings. The minimum atomic E-state index is 0.856. The van der Waals surface area contributed by atoms with Gasteiger partial charge in [0.2, 0.25) is 0 Å². The zero-order valence-corrected chi connectivity index (χ0v) is 31.3. The van der Waals surface area contributed by atoms with Gasteiger partial charge < -0.3 is 0 Å². The van der Waals surface area contributed by atoms with Crippen molar-refractivity contribution in [2.45, 2.75) is 0 Å². The molecular weight excluding hydrogens is 705 g/mol. The Morgan fingerprint density at radius 1 is 0.259 bits per heavy atom. The lowest BCUT2D eigenvalue weighted by Gasteiger charge is -2.14. The van der Waals surface area contributed by atoms with Gasteiger partial charge in [-0.2, -0.15) is 0 Å². The second-order valence-electron chi connectivity index (χ2n) is 15.0. The zero-order valence-electron chi connectivity index (χ0n) is 31.3. The fraction of sp³-hybridized carbons (Fsp3) is 0. The molecule has 4 nitrogen and oxygen atoms in total. The highest BCUT2D eigenvalue weighted by molar-refractivity contribution is 6.25. The molecule has 12 rings (SSSR count). The maximum absolute atomic E-state index is 5.26. The average molecular weight is 737 g/mol. The van der Waals surface area contributed by atoms with Crippen LogP contribution in [0.25, 0.3) is 121 Å². The molecule has 268 valence electrons. The number of hydrogen-bond donors (Lipinski definition) is 0. The molecule has 0 bridgehead atoms. The molecule has 9 aromatic carbocycles. The number of nitrogens with zero attached hydrogens (tertiary/aromatic N) is 4. The van der Waals surface area contributed by atoms with Crippen LogP contribution in [0.2, 0.25) is 0 Å². The SMILES string of the molecule is c1ccc(-c2nc3ccccc3nc2-c2ccc(-c3ccc4ccc5ccc(-c6ccc(-c7ccc8ccc9cccc%10ccc7c8c9%10)cc6)nc5c4n3)cc2)cc1. The van der Waals surface area contributed by atoms with Gasteiger partial charge in [-0.15, -0.1) is 0 Å². The smallest absolute Gasteiger partial charge is 0.0973 e. The Morgan fingerprint density at radius 2 is 0.707 bits per heavy atom. The molecule has 0 aliphatic heterocycles. The van der Waals surface area contributed by atoms with Gasteiger partial charge in [0.1, 0.15) is 0 Å². The number of rotatable bonds is 5. The summed E-state index contributed by atoms with van der Waals surface area (Å²) in [5.74, 6) is 0. The van der Waals surface area contributed by atoms with Gasteiger partial charge in [0.05, 0.1) is 44.8 Å². The molecule has 4 heteroatoms. The Bertz CT molecular complexity index is 3520. The number of para-hydroxylation sites is 2. The van der Waals surface area contributed by atoms with Gasteiger partial charge >= 0.3 is 0 Å². The van der Waals surface area contributed by atoms with Gasteiger partial charge in [0.25, 0.3) is 0 Å². The zero-order chi connectivity index (χ0) is 38.2. The highest BCUT2D eigenvalue weighted by Gasteiger charge is 2.16. The fourth-order valence-corrected chi connectivity index (χ4v) is 8.69. The number of pyridine rings is 2. The summed E-state index contributed by atoms with van der Waals surface area (Å²) >= 11 is 0. The van der Waals surface area contributed by atoms with Crippen molar-refractivity contribution in [1.29, 1.82) is 0 Å². The van der Waals surface area contributed by atoms with Crippen LogP contribution in [0.4, 0.5) is 0 Å². The predicted octanol–water partition coefficient (Wildman–Crippen LogP) is 14.0. The first-order valence-electron chi connectivity index (χ1n) is 19.6. The molecule has 0 aliphatic rings. The molecule has 0 fully saturated rings. The van der Waals surface area contributed by atoms with Crippen LogP contribution in [0.3, 0.4) is 0 Å². The molecule has 3 aromatic heterocycles. The van der Waals surface area contributed by atoms with E-state index in [1.165, 1.54) is 43.4 Å². The summed E-state index contributed by atoms with van der Waals surface area (Å²) < 4.78 is 0. The summed E-state index contributed by atoms with van der Waals surface area (Å²) in [6, 6.07) is 68.5. The summed E-state index contributed by atoms with van der Waals surface area (Å²) in [4.78, 5) is 20.6. The van der Waals surface area contributed by atoms with Crippen molar-refractivity contribution in [2.75, 3.05) is 0 Å². The van der Waals surface area contributed by atoms with Crippen molar-refractivity contribution in [1.82, 2.24) is 19.9 Å². The minimum absolute atomic E-state index is 0.856. The lowest BCUT2D eigenvalue weighted by atomic mass is 9.89. The summed E-state index contributed by atoms with van der Waals surface area (Å²) in [5.41, 5.74) is 13.6. The van der Waals surface area contributed by atoms with E-state index in [9.17, 15) is 0 Å². The van der Waals surface area contributed by atoms with Crippen LogP contribution >= 0.6 is 0 Å². The molecule has 0 aliphatic carbocycles. The minimum Gasteiger partial charge on any atom is -0.245 e. The van der Waals surface area contributed by atoms with E-state index in [1.807, 2.05) is 42.5 Å². The Labute approximate surface area is 334 Å². The molecule has 0 spiro atoms.